The third-order valence-corrected chi connectivity index (χ3v) is 10.7. The molecule has 3 fully saturated rings. The van der Waals surface area contributed by atoms with E-state index in [0.29, 0.717) is 12.3 Å². The van der Waals surface area contributed by atoms with Gasteiger partial charge in [0, 0.05) is 36.8 Å². The van der Waals surface area contributed by atoms with Crippen molar-refractivity contribution in [3.8, 4) is 0 Å². The van der Waals surface area contributed by atoms with Gasteiger partial charge in [0.2, 0.25) is 11.8 Å². The predicted octanol–water partition coefficient (Wildman–Crippen LogP) is 5.33. The fourth-order valence-electron chi connectivity index (χ4n) is 8.89. The molecule has 5 nitrogen and oxygen atoms in total. The third-order valence-electron chi connectivity index (χ3n) is 10.7. The van der Waals surface area contributed by atoms with E-state index in [4.69, 9.17) is 0 Å². The minimum atomic E-state index is -0.344. The monoisotopic (exact) mass is 510 g/mol. The molecule has 6 rings (SSSR count). The van der Waals surface area contributed by atoms with Crippen LogP contribution in [0.25, 0.3) is 0 Å². The highest BCUT2D eigenvalue weighted by atomic mass is 16.2. The summed E-state index contributed by atoms with van der Waals surface area (Å²) in [5.74, 6) is 0.673. The Kier molecular flexibility index (Phi) is 6.08. The van der Waals surface area contributed by atoms with E-state index in [1.165, 1.54) is 0 Å². The zero-order valence-corrected chi connectivity index (χ0v) is 22.6. The number of amides is 2. The fraction of sp³-hybridized carbons (Fsp3) is 0.485. The molecule has 2 aromatic carbocycles. The van der Waals surface area contributed by atoms with E-state index in [0.717, 1.165) is 36.8 Å². The number of nitrogens with zero attached hydrogens (tertiary/aromatic N) is 1. The van der Waals surface area contributed by atoms with Crippen LogP contribution in [0.2, 0.25) is 0 Å². The van der Waals surface area contributed by atoms with E-state index in [1.807, 2.05) is 54.4 Å². The third kappa shape index (κ3) is 3.77. The predicted molar refractivity (Wildman–Crippen MR) is 147 cm³/mol. The molecule has 198 valence electrons. The summed E-state index contributed by atoms with van der Waals surface area (Å²) < 4.78 is 0. The summed E-state index contributed by atoms with van der Waals surface area (Å²) in [5, 5.41) is 3.39. The van der Waals surface area contributed by atoms with Gasteiger partial charge in [-0.1, -0.05) is 80.6 Å². The second kappa shape index (κ2) is 9.21. The fourth-order valence-corrected chi connectivity index (χ4v) is 8.89. The average Bonchev–Trinajstić information content (AvgIpc) is 3.27. The van der Waals surface area contributed by atoms with Crippen molar-refractivity contribution < 1.29 is 14.4 Å². The van der Waals surface area contributed by atoms with E-state index >= 15 is 0 Å². The summed E-state index contributed by atoms with van der Waals surface area (Å²) in [6, 6.07) is 20.1. The second-order valence-electron chi connectivity index (χ2n) is 12.5. The Morgan fingerprint density at radius 1 is 0.921 bits per heavy atom. The van der Waals surface area contributed by atoms with Gasteiger partial charge >= 0.3 is 0 Å². The molecule has 2 amide bonds. The molecule has 0 saturated heterocycles. The topological polar surface area (TPSA) is 66.5 Å². The summed E-state index contributed by atoms with van der Waals surface area (Å²) in [5.41, 5.74) is 1.43. The maximum Gasteiger partial charge on any atom is 0.246 e. The molecule has 1 N–H and O–H groups in total. The van der Waals surface area contributed by atoms with Crippen molar-refractivity contribution in [2.24, 2.45) is 34.5 Å². The van der Waals surface area contributed by atoms with Crippen molar-refractivity contribution in [1.29, 1.82) is 0 Å². The van der Waals surface area contributed by atoms with Gasteiger partial charge in [-0.2, -0.15) is 0 Å². The maximum absolute atomic E-state index is 14.0. The SMILES string of the molecule is CN1C(=O)C=C[C@]2(C)[C@H]3C(=O)C[C@]4(C)[C@@H](C(=O)NC(c5ccccc5)c5ccccc5)CC[C@H]4[C@@H]3CC[C@@H]12. The first-order chi connectivity index (χ1) is 18.2. The van der Waals surface area contributed by atoms with Crippen molar-refractivity contribution in [3.05, 3.63) is 83.9 Å². The summed E-state index contributed by atoms with van der Waals surface area (Å²) in [4.78, 5) is 42.2. The second-order valence-corrected chi connectivity index (χ2v) is 12.5. The first-order valence-corrected chi connectivity index (χ1v) is 14.1. The van der Waals surface area contributed by atoms with E-state index in [2.05, 4.69) is 43.4 Å². The number of nitrogens with one attached hydrogen (secondary N) is 1. The molecule has 7 atom stereocenters. The quantitative estimate of drug-likeness (QED) is 0.605. The van der Waals surface area contributed by atoms with E-state index in [9.17, 15) is 14.4 Å². The first kappa shape index (κ1) is 25.1. The Labute approximate surface area is 225 Å². The molecule has 1 aliphatic heterocycles. The number of carbonyl (C=O) groups is 3. The van der Waals surface area contributed by atoms with Gasteiger partial charge in [0.1, 0.15) is 5.78 Å². The van der Waals surface area contributed by atoms with Crippen LogP contribution in [0.5, 0.6) is 0 Å². The van der Waals surface area contributed by atoms with Crippen molar-refractivity contribution in [1.82, 2.24) is 10.2 Å². The molecule has 3 saturated carbocycles. The highest BCUT2D eigenvalue weighted by Crippen LogP contribution is 2.64. The molecule has 0 aromatic heterocycles. The number of hydrogen-bond donors (Lipinski definition) is 1. The van der Waals surface area contributed by atoms with Gasteiger partial charge < -0.3 is 10.2 Å². The summed E-state index contributed by atoms with van der Waals surface area (Å²) in [7, 11) is 1.87. The van der Waals surface area contributed by atoms with Crippen LogP contribution in [0.4, 0.5) is 0 Å². The molecular weight excluding hydrogens is 472 g/mol. The first-order valence-electron chi connectivity index (χ1n) is 14.1. The van der Waals surface area contributed by atoms with Crippen molar-refractivity contribution >= 4 is 17.6 Å². The van der Waals surface area contributed by atoms with Crippen LogP contribution in [0, 0.1) is 34.5 Å². The lowest BCUT2D eigenvalue weighted by molar-refractivity contribution is -0.157. The highest BCUT2D eigenvalue weighted by Gasteiger charge is 2.64. The number of ketones is 1. The molecule has 2 aromatic rings. The summed E-state index contributed by atoms with van der Waals surface area (Å²) in [6.07, 6.45) is 7.77. The molecule has 5 heteroatoms. The van der Waals surface area contributed by atoms with Crippen LogP contribution in [0.3, 0.4) is 0 Å². The number of rotatable bonds is 4. The summed E-state index contributed by atoms with van der Waals surface area (Å²) in [6.45, 7) is 4.38. The number of carbonyl (C=O) groups excluding carboxylic acids is 3. The molecule has 4 aliphatic rings. The zero-order valence-electron chi connectivity index (χ0n) is 22.6. The highest BCUT2D eigenvalue weighted by molar-refractivity contribution is 5.91. The Balaban J connectivity index is 1.28. The molecular formula is C33H38N2O3. The van der Waals surface area contributed by atoms with Gasteiger partial charge in [-0.15, -0.1) is 0 Å². The Bertz CT molecular complexity index is 1230. The number of benzene rings is 2. The Morgan fingerprint density at radius 3 is 2.18 bits per heavy atom. The smallest absolute Gasteiger partial charge is 0.246 e. The zero-order chi connectivity index (χ0) is 26.7. The van der Waals surface area contributed by atoms with Crippen LogP contribution in [0.1, 0.15) is 63.1 Å². The van der Waals surface area contributed by atoms with Gasteiger partial charge in [-0.05, 0) is 60.1 Å². The molecule has 3 aliphatic carbocycles. The largest absolute Gasteiger partial charge is 0.345 e. The number of Topliss-reactive ketones (excluding diaryl/α,β-unsaturated/α-hetero) is 1. The van der Waals surface area contributed by atoms with Gasteiger partial charge in [0.05, 0.1) is 6.04 Å². The number of hydrogen-bond acceptors (Lipinski definition) is 3. The van der Waals surface area contributed by atoms with Crippen molar-refractivity contribution in [3.63, 3.8) is 0 Å². The molecule has 38 heavy (non-hydrogen) atoms. The van der Waals surface area contributed by atoms with Gasteiger partial charge in [0.15, 0.2) is 0 Å². The van der Waals surface area contributed by atoms with E-state index in [-0.39, 0.29) is 58.3 Å². The van der Waals surface area contributed by atoms with Gasteiger partial charge in [-0.25, -0.2) is 0 Å². The van der Waals surface area contributed by atoms with Crippen molar-refractivity contribution in [2.45, 2.75) is 58.0 Å². The normalized spacial score (nSPS) is 36.0. The molecule has 0 radical (unpaired) electrons. The average molecular weight is 511 g/mol. The lowest BCUT2D eigenvalue weighted by Gasteiger charge is -2.59. The van der Waals surface area contributed by atoms with Gasteiger partial charge in [0.25, 0.3) is 0 Å². The molecule has 1 heterocycles. The minimum absolute atomic E-state index is 0.0306. The van der Waals surface area contributed by atoms with E-state index < -0.39 is 0 Å². The summed E-state index contributed by atoms with van der Waals surface area (Å²) >= 11 is 0. The molecule has 0 bridgehead atoms. The van der Waals surface area contributed by atoms with E-state index in [1.54, 1.807) is 6.08 Å². The standard InChI is InChI=1S/C33H38N2O3/c1-32-19-18-28(37)35(3)27(32)17-14-23-24-15-16-25(33(24,2)20-26(36)29(23)32)31(38)34-30(21-10-6-4-7-11-21)22-12-8-5-9-13-22/h4-13,18-19,23-25,27,29-30H,14-17,20H2,1-3H3,(H,34,38)/t23-,24-,25+,27+,29+,32-,33-/m0/s1. The van der Waals surface area contributed by atoms with Crippen molar-refractivity contribution in [2.75, 3.05) is 7.05 Å². The lowest BCUT2D eigenvalue weighted by Crippen LogP contribution is -2.62. The number of fused-ring (bicyclic) bond motifs is 5. The van der Waals surface area contributed by atoms with Gasteiger partial charge in [-0.3, -0.25) is 14.4 Å². The lowest BCUT2D eigenvalue weighted by atomic mass is 9.47. The maximum atomic E-state index is 14.0. The molecule has 0 unspecified atom stereocenters. The number of likely N-dealkylation sites (N-methyl/N-ethyl adjacent to an activating group) is 1. The Morgan fingerprint density at radius 2 is 1.55 bits per heavy atom. The van der Waals surface area contributed by atoms with Crippen LogP contribution >= 0.6 is 0 Å². The van der Waals surface area contributed by atoms with Crippen LogP contribution in [-0.4, -0.2) is 35.6 Å². The van der Waals surface area contributed by atoms with Crippen LogP contribution in [0.15, 0.2) is 72.8 Å². The molecule has 0 spiro atoms. The van der Waals surface area contributed by atoms with Crippen LogP contribution < -0.4 is 5.32 Å². The minimum Gasteiger partial charge on any atom is -0.345 e. The Hall–Kier alpha value is -3.21. The van der Waals surface area contributed by atoms with Crippen LogP contribution in [-0.2, 0) is 14.4 Å².